The van der Waals surface area contributed by atoms with E-state index in [0.717, 1.165) is 17.4 Å². The van der Waals surface area contributed by atoms with Gasteiger partial charge in [-0.2, -0.15) is 13.2 Å². The molecule has 0 fully saturated rings. The largest absolute Gasteiger partial charge is 0.417 e. The number of anilines is 1. The molecule has 17 heavy (non-hydrogen) atoms. The lowest BCUT2D eigenvalue weighted by atomic mass is 10.0. The molecule has 0 spiro atoms. The Morgan fingerprint density at radius 1 is 1.29 bits per heavy atom. The molecule has 2 aromatic rings. The topological polar surface area (TPSA) is 38.9 Å². The fourth-order valence-corrected chi connectivity index (χ4v) is 2.25. The van der Waals surface area contributed by atoms with Crippen LogP contribution in [0.25, 0.3) is 11.3 Å². The summed E-state index contributed by atoms with van der Waals surface area (Å²) >= 11 is 6.87. The highest BCUT2D eigenvalue weighted by molar-refractivity contribution is 7.13. The molecule has 90 valence electrons. The Morgan fingerprint density at radius 3 is 2.53 bits per heavy atom. The molecule has 0 radical (unpaired) electrons. The summed E-state index contributed by atoms with van der Waals surface area (Å²) in [5.41, 5.74) is 4.61. The Labute approximate surface area is 104 Å². The highest BCUT2D eigenvalue weighted by atomic mass is 35.5. The zero-order valence-electron chi connectivity index (χ0n) is 8.25. The third kappa shape index (κ3) is 2.37. The number of rotatable bonds is 1. The first-order valence-corrected chi connectivity index (χ1v) is 5.72. The van der Waals surface area contributed by atoms with E-state index in [0.29, 0.717) is 0 Å². The summed E-state index contributed by atoms with van der Waals surface area (Å²) in [5, 5.41) is 1.66. The summed E-state index contributed by atoms with van der Waals surface area (Å²) in [4.78, 5) is 3.83. The van der Waals surface area contributed by atoms with Crippen LogP contribution in [0, 0.1) is 0 Å². The molecule has 0 bridgehead atoms. The average molecular weight is 279 g/mol. The van der Waals surface area contributed by atoms with Crippen LogP contribution in [0.15, 0.2) is 23.6 Å². The molecule has 0 atom stereocenters. The van der Waals surface area contributed by atoms with E-state index in [9.17, 15) is 13.2 Å². The van der Waals surface area contributed by atoms with Crippen LogP contribution in [0.4, 0.5) is 18.3 Å². The maximum atomic E-state index is 12.8. The van der Waals surface area contributed by atoms with E-state index in [-0.39, 0.29) is 21.4 Å². The molecule has 2 rings (SSSR count). The first kappa shape index (κ1) is 12.2. The fraction of sp³-hybridized carbons (Fsp3) is 0.100. The molecule has 0 aliphatic heterocycles. The molecule has 0 aliphatic carbocycles. The van der Waals surface area contributed by atoms with Gasteiger partial charge in [0, 0.05) is 10.9 Å². The predicted octanol–water partition coefficient (Wildman–Crippen LogP) is 4.06. The highest BCUT2D eigenvalue weighted by Crippen LogP contribution is 2.41. The van der Waals surface area contributed by atoms with Crippen LogP contribution in [0.3, 0.4) is 0 Å². The summed E-state index contributed by atoms with van der Waals surface area (Å²) in [6.07, 6.45) is -4.47. The number of thiazole rings is 1. The number of alkyl halides is 3. The minimum atomic E-state index is -4.47. The molecule has 0 saturated heterocycles. The number of halogens is 4. The number of nitrogen functional groups attached to an aromatic ring is 1. The van der Waals surface area contributed by atoms with Crippen molar-refractivity contribution in [1.29, 1.82) is 0 Å². The lowest BCUT2D eigenvalue weighted by Gasteiger charge is -2.12. The zero-order chi connectivity index (χ0) is 12.6. The van der Waals surface area contributed by atoms with Crippen LogP contribution < -0.4 is 5.73 Å². The normalized spacial score (nSPS) is 11.8. The Morgan fingerprint density at radius 2 is 2.00 bits per heavy atom. The summed E-state index contributed by atoms with van der Waals surface area (Å²) in [5.74, 6) is 0. The van der Waals surface area contributed by atoms with Crippen molar-refractivity contribution in [3.8, 4) is 11.3 Å². The van der Waals surface area contributed by atoms with Gasteiger partial charge in [0.05, 0.1) is 16.3 Å². The summed E-state index contributed by atoms with van der Waals surface area (Å²) in [6.45, 7) is 0. The third-order valence-electron chi connectivity index (χ3n) is 2.10. The minimum absolute atomic E-state index is 0.00475. The molecular weight excluding hydrogens is 273 g/mol. The van der Waals surface area contributed by atoms with Crippen LogP contribution >= 0.6 is 22.9 Å². The van der Waals surface area contributed by atoms with Gasteiger partial charge in [-0.25, -0.2) is 4.98 Å². The van der Waals surface area contributed by atoms with Crippen molar-refractivity contribution >= 4 is 28.1 Å². The number of nitrogens with zero attached hydrogens (tertiary/aromatic N) is 1. The minimum Gasteiger partial charge on any atom is -0.375 e. The van der Waals surface area contributed by atoms with Crippen molar-refractivity contribution in [2.24, 2.45) is 0 Å². The molecule has 1 aromatic carbocycles. The van der Waals surface area contributed by atoms with Gasteiger partial charge >= 0.3 is 6.18 Å². The number of aromatic nitrogens is 1. The van der Waals surface area contributed by atoms with Crippen LogP contribution in [0.5, 0.6) is 0 Å². The molecular formula is C10H6ClF3N2S. The molecule has 0 amide bonds. The molecule has 2 nitrogen and oxygen atoms in total. The van der Waals surface area contributed by atoms with E-state index in [4.69, 9.17) is 17.3 Å². The Bertz CT molecular complexity index is 551. The van der Waals surface area contributed by atoms with Gasteiger partial charge in [-0.3, -0.25) is 0 Å². The molecule has 7 heteroatoms. The van der Waals surface area contributed by atoms with E-state index in [1.807, 2.05) is 0 Å². The molecule has 1 aromatic heterocycles. The van der Waals surface area contributed by atoms with Crippen molar-refractivity contribution in [2.75, 3.05) is 5.73 Å². The maximum absolute atomic E-state index is 12.8. The molecule has 0 aliphatic rings. The van der Waals surface area contributed by atoms with Crippen molar-refractivity contribution in [3.05, 3.63) is 34.2 Å². The molecule has 1 heterocycles. The smallest absolute Gasteiger partial charge is 0.375 e. The van der Waals surface area contributed by atoms with E-state index >= 15 is 0 Å². The van der Waals surface area contributed by atoms with Gasteiger partial charge in [-0.05, 0) is 12.1 Å². The van der Waals surface area contributed by atoms with Gasteiger partial charge in [-0.1, -0.05) is 17.7 Å². The monoisotopic (exact) mass is 278 g/mol. The van der Waals surface area contributed by atoms with E-state index in [1.165, 1.54) is 17.5 Å². The van der Waals surface area contributed by atoms with E-state index < -0.39 is 11.7 Å². The SMILES string of the molecule is Nc1nc(-c2c(Cl)cccc2C(F)(F)F)cs1. The number of benzene rings is 1. The van der Waals surface area contributed by atoms with Crippen molar-refractivity contribution in [3.63, 3.8) is 0 Å². The summed E-state index contributed by atoms with van der Waals surface area (Å²) < 4.78 is 38.4. The average Bonchev–Trinajstić information content (AvgIpc) is 2.63. The van der Waals surface area contributed by atoms with Gasteiger partial charge in [0.25, 0.3) is 0 Å². The first-order chi connectivity index (χ1) is 7.89. The quantitative estimate of drug-likeness (QED) is 0.854. The molecule has 2 N–H and O–H groups in total. The first-order valence-electron chi connectivity index (χ1n) is 4.46. The summed E-state index contributed by atoms with van der Waals surface area (Å²) in [7, 11) is 0. The zero-order valence-corrected chi connectivity index (χ0v) is 9.83. The lowest BCUT2D eigenvalue weighted by Crippen LogP contribution is -2.07. The second-order valence-electron chi connectivity index (χ2n) is 3.23. The Kier molecular flexibility index (Phi) is 3.01. The lowest BCUT2D eigenvalue weighted by molar-refractivity contribution is -0.137. The van der Waals surface area contributed by atoms with Crippen molar-refractivity contribution in [2.45, 2.75) is 6.18 Å². The van der Waals surface area contributed by atoms with Crippen LogP contribution in [-0.4, -0.2) is 4.98 Å². The molecule has 0 saturated carbocycles. The second-order valence-corrected chi connectivity index (χ2v) is 4.53. The number of hydrogen-bond donors (Lipinski definition) is 1. The van der Waals surface area contributed by atoms with Crippen LogP contribution in [0.1, 0.15) is 5.56 Å². The fourth-order valence-electron chi connectivity index (χ4n) is 1.42. The maximum Gasteiger partial charge on any atom is 0.417 e. The second kappa shape index (κ2) is 4.19. The number of hydrogen-bond acceptors (Lipinski definition) is 3. The summed E-state index contributed by atoms with van der Waals surface area (Å²) in [6, 6.07) is 3.61. The number of nitrogens with two attached hydrogens (primary N) is 1. The highest BCUT2D eigenvalue weighted by Gasteiger charge is 2.35. The van der Waals surface area contributed by atoms with Gasteiger partial charge in [0.15, 0.2) is 5.13 Å². The van der Waals surface area contributed by atoms with E-state index in [1.54, 1.807) is 0 Å². The Hall–Kier alpha value is -1.27. The standard InChI is InChI=1S/C10H6ClF3N2S/c11-6-3-1-2-5(10(12,13)14)8(6)7-4-17-9(15)16-7/h1-4H,(H2,15,16). The van der Waals surface area contributed by atoms with Crippen molar-refractivity contribution in [1.82, 2.24) is 4.98 Å². The van der Waals surface area contributed by atoms with Gasteiger partial charge in [-0.15, -0.1) is 11.3 Å². The van der Waals surface area contributed by atoms with Crippen LogP contribution in [-0.2, 0) is 6.18 Å². The van der Waals surface area contributed by atoms with Crippen LogP contribution in [0.2, 0.25) is 5.02 Å². The van der Waals surface area contributed by atoms with Gasteiger partial charge in [0.2, 0.25) is 0 Å². The van der Waals surface area contributed by atoms with Gasteiger partial charge in [0.1, 0.15) is 0 Å². The predicted molar refractivity (Wildman–Crippen MR) is 62.0 cm³/mol. The van der Waals surface area contributed by atoms with Gasteiger partial charge < -0.3 is 5.73 Å². The third-order valence-corrected chi connectivity index (χ3v) is 3.09. The Balaban J connectivity index is 2.67. The van der Waals surface area contributed by atoms with Crippen molar-refractivity contribution < 1.29 is 13.2 Å². The molecule has 0 unspecified atom stereocenters. The van der Waals surface area contributed by atoms with E-state index in [2.05, 4.69) is 4.98 Å².